The molecule has 0 amide bonds. The first-order valence-electron chi connectivity index (χ1n) is 21.5. The third-order valence-electron chi connectivity index (χ3n) is 9.33. The van der Waals surface area contributed by atoms with Crippen LogP contribution in [0.5, 0.6) is 0 Å². The molecule has 1 saturated carbocycles. The van der Waals surface area contributed by atoms with E-state index < -0.39 is 0 Å². The maximum atomic E-state index is 11.9. The Kier molecular flexibility index (Phi) is 23.2. The Labute approximate surface area is 337 Å². The summed E-state index contributed by atoms with van der Waals surface area (Å²) in [6, 6.07) is 31.8. The van der Waals surface area contributed by atoms with Crippen molar-refractivity contribution in [1.82, 2.24) is 20.4 Å². The van der Waals surface area contributed by atoms with E-state index in [0.717, 1.165) is 46.4 Å². The average Bonchev–Trinajstić information content (AvgIpc) is 3.59. The summed E-state index contributed by atoms with van der Waals surface area (Å²) in [5, 5.41) is 16.7. The molecule has 2 aromatic heterocycles. The van der Waals surface area contributed by atoms with Crippen molar-refractivity contribution in [1.29, 1.82) is 0 Å². The molecule has 2 fully saturated rings. The lowest BCUT2D eigenvalue weighted by atomic mass is 10.0. The van der Waals surface area contributed by atoms with Crippen LogP contribution in [0.3, 0.4) is 0 Å². The van der Waals surface area contributed by atoms with Crippen LogP contribution in [0.4, 0.5) is 5.69 Å². The van der Waals surface area contributed by atoms with E-state index in [0.29, 0.717) is 10.8 Å². The SMILES string of the molecule is C1CCCCC1.CC.CC.CC.CC.Cc1ccc(-c2n[nH]c(=O)c3ccccc23)cc1.O=c1[nH]nc(-c2ccc(N3CCCCCC3)cc2)c2ccccc12. The van der Waals surface area contributed by atoms with Crippen LogP contribution in [0, 0.1) is 6.92 Å². The van der Waals surface area contributed by atoms with Crippen LogP contribution >= 0.6 is 0 Å². The number of aromatic amines is 2. The second-order valence-corrected chi connectivity index (χ2v) is 12.8. The summed E-state index contributed by atoms with van der Waals surface area (Å²) in [5.74, 6) is 0. The Hall–Kier alpha value is -5.04. The number of aryl methyl sites for hydroxylation is 1. The quantitative estimate of drug-likeness (QED) is 0.187. The van der Waals surface area contributed by atoms with Gasteiger partial charge < -0.3 is 4.90 Å². The number of hydrogen-bond acceptors (Lipinski definition) is 5. The van der Waals surface area contributed by atoms with E-state index in [2.05, 4.69) is 49.6 Å². The fourth-order valence-electron chi connectivity index (χ4n) is 6.60. The van der Waals surface area contributed by atoms with E-state index in [4.69, 9.17) is 0 Å². The summed E-state index contributed by atoms with van der Waals surface area (Å²) in [6.45, 7) is 20.3. The molecule has 0 bridgehead atoms. The van der Waals surface area contributed by atoms with Gasteiger partial charge in [-0.3, -0.25) is 9.59 Å². The Morgan fingerprint density at radius 3 is 1.12 bits per heavy atom. The summed E-state index contributed by atoms with van der Waals surface area (Å²) in [4.78, 5) is 26.1. The zero-order chi connectivity index (χ0) is 41.1. The number of hydrogen-bond donors (Lipinski definition) is 2. The van der Waals surface area contributed by atoms with E-state index in [1.54, 1.807) is 0 Å². The van der Waals surface area contributed by atoms with Crippen molar-refractivity contribution in [3.05, 3.63) is 123 Å². The first kappa shape index (κ1) is 47.1. The van der Waals surface area contributed by atoms with E-state index in [1.165, 1.54) is 75.5 Å². The lowest BCUT2D eigenvalue weighted by Crippen LogP contribution is -2.23. The Balaban J connectivity index is 0.000000297. The standard InChI is InChI=1S/C20H21N3O.C15H12N2O.C6H12.4C2H6/c24-20-18-8-4-3-7-17(18)19(21-22-20)15-9-11-16(12-10-15)23-13-5-1-2-6-14-23;1-10-6-8-11(9-7-10)14-12-4-2-3-5-13(12)15(18)17-16-14;1-2-4-6-5-3-1;4*1-2/h3-4,7-12H,1-2,5-6,13-14H2,(H,22,24);2-9H,1H3,(H,17,18);1-6H2;4*1-2H3. The van der Waals surface area contributed by atoms with Gasteiger partial charge in [-0.05, 0) is 44.0 Å². The van der Waals surface area contributed by atoms with Crippen LogP contribution in [-0.4, -0.2) is 33.5 Å². The van der Waals surface area contributed by atoms with Gasteiger partial charge in [0.2, 0.25) is 0 Å². The molecule has 3 heterocycles. The van der Waals surface area contributed by atoms with Gasteiger partial charge >= 0.3 is 0 Å². The van der Waals surface area contributed by atoms with Gasteiger partial charge in [-0.25, -0.2) is 10.2 Å². The highest BCUT2D eigenvalue weighted by Gasteiger charge is 2.12. The monoisotopic (exact) mass is 760 g/mol. The van der Waals surface area contributed by atoms with Crippen molar-refractivity contribution in [2.24, 2.45) is 0 Å². The second kappa shape index (κ2) is 27.5. The fraction of sp³-hybridized carbons (Fsp3) is 0.429. The van der Waals surface area contributed by atoms with Crippen molar-refractivity contribution >= 4 is 27.2 Å². The molecule has 0 radical (unpaired) electrons. The molecule has 302 valence electrons. The highest BCUT2D eigenvalue weighted by atomic mass is 16.1. The molecule has 4 aromatic carbocycles. The first-order chi connectivity index (χ1) is 27.6. The highest BCUT2D eigenvalue weighted by Crippen LogP contribution is 2.28. The minimum atomic E-state index is -0.151. The van der Waals surface area contributed by atoms with Gasteiger partial charge in [0.1, 0.15) is 0 Å². The molecule has 2 aliphatic rings. The lowest BCUT2D eigenvalue weighted by molar-refractivity contribution is 0.504. The highest BCUT2D eigenvalue weighted by molar-refractivity contribution is 5.94. The molecule has 8 rings (SSSR count). The minimum absolute atomic E-state index is 0.143. The predicted octanol–water partition coefficient (Wildman–Crippen LogP) is 13.3. The molecule has 0 spiro atoms. The third kappa shape index (κ3) is 13.9. The Morgan fingerprint density at radius 2 is 0.750 bits per heavy atom. The first-order valence-corrected chi connectivity index (χ1v) is 21.5. The zero-order valence-electron chi connectivity index (χ0n) is 35.9. The van der Waals surface area contributed by atoms with Gasteiger partial charge in [0.25, 0.3) is 11.1 Å². The molecule has 2 N–H and O–H groups in total. The van der Waals surface area contributed by atoms with Gasteiger partial charge in [0.15, 0.2) is 0 Å². The van der Waals surface area contributed by atoms with E-state index in [1.807, 2.05) is 135 Å². The molecule has 0 unspecified atom stereocenters. The molecule has 7 nitrogen and oxygen atoms in total. The Bertz CT molecular complexity index is 2030. The number of benzene rings is 4. The average molecular weight is 760 g/mol. The van der Waals surface area contributed by atoms with Crippen molar-refractivity contribution in [2.75, 3.05) is 18.0 Å². The summed E-state index contributed by atoms with van der Waals surface area (Å²) in [6.07, 6.45) is 14.2. The van der Waals surface area contributed by atoms with E-state index in [9.17, 15) is 9.59 Å². The van der Waals surface area contributed by atoms with Crippen LogP contribution in [0.25, 0.3) is 44.1 Å². The van der Waals surface area contributed by atoms with Gasteiger partial charge in [-0.1, -0.05) is 185 Å². The van der Waals surface area contributed by atoms with Crippen LogP contribution in [0.1, 0.15) is 125 Å². The lowest BCUT2D eigenvalue weighted by Gasteiger charge is -2.22. The second-order valence-electron chi connectivity index (χ2n) is 12.8. The number of nitrogens with one attached hydrogen (secondary N) is 2. The van der Waals surface area contributed by atoms with Crippen LogP contribution in [-0.2, 0) is 0 Å². The zero-order valence-corrected chi connectivity index (χ0v) is 35.9. The van der Waals surface area contributed by atoms with E-state index in [-0.39, 0.29) is 11.1 Å². The maximum Gasteiger partial charge on any atom is 0.272 e. The predicted molar refractivity (Wildman–Crippen MR) is 244 cm³/mol. The summed E-state index contributed by atoms with van der Waals surface area (Å²) >= 11 is 0. The summed E-state index contributed by atoms with van der Waals surface area (Å²) < 4.78 is 0. The largest absolute Gasteiger partial charge is 0.372 e. The molecule has 6 aromatic rings. The topological polar surface area (TPSA) is 94.7 Å². The number of aromatic nitrogens is 4. The van der Waals surface area contributed by atoms with Gasteiger partial charge in [0.05, 0.1) is 22.2 Å². The molecule has 7 heteroatoms. The van der Waals surface area contributed by atoms with Crippen LogP contribution < -0.4 is 16.0 Å². The van der Waals surface area contributed by atoms with Gasteiger partial charge in [-0.2, -0.15) is 10.2 Å². The molecule has 0 atom stereocenters. The molecule has 1 aliphatic carbocycles. The normalized spacial score (nSPS) is 13.1. The van der Waals surface area contributed by atoms with Crippen molar-refractivity contribution in [3.8, 4) is 22.5 Å². The van der Waals surface area contributed by atoms with Crippen molar-refractivity contribution in [3.63, 3.8) is 0 Å². The summed E-state index contributed by atoms with van der Waals surface area (Å²) in [7, 11) is 0. The van der Waals surface area contributed by atoms with Crippen molar-refractivity contribution in [2.45, 2.75) is 127 Å². The number of fused-ring (bicyclic) bond motifs is 2. The van der Waals surface area contributed by atoms with E-state index >= 15 is 0 Å². The van der Waals surface area contributed by atoms with Gasteiger partial charge in [-0.15, -0.1) is 0 Å². The number of H-pyrrole nitrogens is 2. The molecular weight excluding hydrogens is 691 g/mol. The van der Waals surface area contributed by atoms with Crippen LogP contribution in [0.2, 0.25) is 0 Å². The number of anilines is 1. The fourth-order valence-corrected chi connectivity index (χ4v) is 6.60. The molecule has 56 heavy (non-hydrogen) atoms. The summed E-state index contributed by atoms with van der Waals surface area (Å²) in [5.41, 5.74) is 5.85. The Morgan fingerprint density at radius 1 is 0.429 bits per heavy atom. The molecular formula is C49H69N5O2. The maximum absolute atomic E-state index is 11.9. The number of rotatable bonds is 3. The minimum Gasteiger partial charge on any atom is -0.372 e. The van der Waals surface area contributed by atoms with Gasteiger partial charge in [0, 0.05) is 40.7 Å². The molecule has 1 aliphatic heterocycles. The van der Waals surface area contributed by atoms with Crippen molar-refractivity contribution < 1.29 is 0 Å². The third-order valence-corrected chi connectivity index (χ3v) is 9.33. The van der Waals surface area contributed by atoms with Crippen LogP contribution in [0.15, 0.2) is 107 Å². The molecule has 1 saturated heterocycles. The number of nitrogens with zero attached hydrogens (tertiary/aromatic N) is 3. The smallest absolute Gasteiger partial charge is 0.272 e.